The van der Waals surface area contributed by atoms with Crippen molar-refractivity contribution in [2.24, 2.45) is 0 Å². The van der Waals surface area contributed by atoms with Crippen LogP contribution in [0.1, 0.15) is 0 Å². The zero-order valence-corrected chi connectivity index (χ0v) is 37.0. The lowest BCUT2D eigenvalue weighted by Crippen LogP contribution is -2.00. The molecule has 0 aliphatic carbocycles. The molecule has 0 saturated heterocycles. The van der Waals surface area contributed by atoms with Crippen LogP contribution < -0.4 is 0 Å². The number of hydrogen-bond acceptors (Lipinski definition) is 5. The highest BCUT2D eigenvalue weighted by molar-refractivity contribution is 6.19. The first-order valence-electron chi connectivity index (χ1n) is 23.2. The van der Waals surface area contributed by atoms with Crippen molar-refractivity contribution in [2.75, 3.05) is 0 Å². The summed E-state index contributed by atoms with van der Waals surface area (Å²) in [4.78, 5) is 15.5. The Hall–Kier alpha value is -9.39. The van der Waals surface area contributed by atoms with Crippen LogP contribution >= 0.6 is 0 Å². The van der Waals surface area contributed by atoms with E-state index >= 15 is 0 Å². The third-order valence-electron chi connectivity index (χ3n) is 13.5. The Kier molecular flexibility index (Phi) is 8.79. The molecule has 6 nitrogen and oxygen atoms in total. The molecule has 0 fully saturated rings. The van der Waals surface area contributed by atoms with Gasteiger partial charge < -0.3 is 13.4 Å². The van der Waals surface area contributed by atoms with E-state index in [-0.39, 0.29) is 0 Å². The first kappa shape index (κ1) is 38.8. The van der Waals surface area contributed by atoms with E-state index in [0.717, 1.165) is 99.5 Å². The molecule has 0 spiro atoms. The minimum atomic E-state index is 0.537. The van der Waals surface area contributed by atoms with Gasteiger partial charge in [-0.25, -0.2) is 15.0 Å². The van der Waals surface area contributed by atoms with Gasteiger partial charge in [-0.15, -0.1) is 0 Å². The van der Waals surface area contributed by atoms with E-state index in [1.165, 1.54) is 21.9 Å². The van der Waals surface area contributed by atoms with Crippen molar-refractivity contribution in [3.8, 4) is 73.2 Å². The third kappa shape index (κ3) is 6.38. The van der Waals surface area contributed by atoms with Crippen molar-refractivity contribution in [1.29, 1.82) is 0 Å². The number of fused-ring (bicyclic) bond motifs is 9. The van der Waals surface area contributed by atoms with Crippen LogP contribution in [0.4, 0.5) is 0 Å². The summed E-state index contributed by atoms with van der Waals surface area (Å²) in [6, 6.07) is 80.3. The molecule has 0 aliphatic heterocycles. The molecule has 4 heterocycles. The van der Waals surface area contributed by atoms with Crippen molar-refractivity contribution >= 4 is 65.7 Å². The fourth-order valence-corrected chi connectivity index (χ4v) is 10.2. The normalized spacial score (nSPS) is 11.8. The summed E-state index contributed by atoms with van der Waals surface area (Å²) in [5.41, 5.74) is 15.5. The second kappa shape index (κ2) is 15.6. The minimum absolute atomic E-state index is 0.537. The van der Waals surface area contributed by atoms with Gasteiger partial charge in [-0.1, -0.05) is 188 Å². The lowest BCUT2D eigenvalue weighted by molar-refractivity contribution is 0.667. The van der Waals surface area contributed by atoms with E-state index < -0.39 is 0 Å². The SMILES string of the molecule is c1ccc(-c2ccc(-c3nc(-c4ccccc4)nc(-c4cc(-c5cccc6c5oc5c(-n7c8ccccc8c8cc(-c9ccccc9)ccc87)cccc56)c5c(c4)oc4ccccc45)n3)cc2)cc1. The lowest BCUT2D eigenvalue weighted by atomic mass is 9.95. The molecule has 0 unspecified atom stereocenters. The molecular weight excluding hydrogens is 845 g/mol. The Labute approximate surface area is 396 Å². The minimum Gasteiger partial charge on any atom is -0.456 e. The average Bonchev–Trinajstić information content (AvgIpc) is 4.11. The molecule has 4 aromatic heterocycles. The summed E-state index contributed by atoms with van der Waals surface area (Å²) in [6.07, 6.45) is 0. The van der Waals surface area contributed by atoms with Crippen LogP contribution in [0.15, 0.2) is 239 Å². The second-order valence-electron chi connectivity index (χ2n) is 17.5. The average molecular weight is 883 g/mol. The van der Waals surface area contributed by atoms with Gasteiger partial charge in [0, 0.05) is 54.6 Å². The smallest absolute Gasteiger partial charge is 0.164 e. The van der Waals surface area contributed by atoms with E-state index in [9.17, 15) is 0 Å². The number of para-hydroxylation sites is 4. The summed E-state index contributed by atoms with van der Waals surface area (Å²) in [5, 5.41) is 6.44. The van der Waals surface area contributed by atoms with Crippen LogP contribution in [0, 0.1) is 0 Å². The van der Waals surface area contributed by atoms with E-state index in [0.29, 0.717) is 17.5 Å². The molecule has 0 amide bonds. The molecule has 0 saturated carbocycles. The number of hydrogen-bond donors (Lipinski definition) is 0. The lowest BCUT2D eigenvalue weighted by Gasteiger charge is -2.11. The Balaban J connectivity index is 0.977. The van der Waals surface area contributed by atoms with Crippen molar-refractivity contribution in [3.63, 3.8) is 0 Å². The van der Waals surface area contributed by atoms with Gasteiger partial charge in [-0.2, -0.15) is 0 Å². The highest BCUT2D eigenvalue weighted by atomic mass is 16.3. The van der Waals surface area contributed by atoms with Gasteiger partial charge in [0.15, 0.2) is 23.1 Å². The number of benzene rings is 10. The van der Waals surface area contributed by atoms with Gasteiger partial charge >= 0.3 is 0 Å². The van der Waals surface area contributed by atoms with Crippen molar-refractivity contribution < 1.29 is 8.83 Å². The second-order valence-corrected chi connectivity index (χ2v) is 17.5. The fourth-order valence-electron chi connectivity index (χ4n) is 10.2. The number of aromatic nitrogens is 4. The summed E-state index contributed by atoms with van der Waals surface area (Å²) >= 11 is 0. The number of furan rings is 2. The molecule has 0 aliphatic rings. The van der Waals surface area contributed by atoms with E-state index in [1.807, 2.05) is 48.5 Å². The van der Waals surface area contributed by atoms with Crippen LogP contribution in [0.5, 0.6) is 0 Å². The molecule has 0 bridgehead atoms. The molecule has 0 N–H and O–H groups in total. The number of rotatable bonds is 7. The summed E-state index contributed by atoms with van der Waals surface area (Å²) < 4.78 is 16.3. The van der Waals surface area contributed by atoms with Crippen molar-refractivity contribution in [1.82, 2.24) is 19.5 Å². The van der Waals surface area contributed by atoms with Crippen LogP contribution in [-0.4, -0.2) is 19.5 Å². The maximum atomic E-state index is 7.27. The van der Waals surface area contributed by atoms with E-state index in [2.05, 4.69) is 187 Å². The van der Waals surface area contributed by atoms with Crippen LogP contribution in [-0.2, 0) is 0 Å². The molecule has 14 aromatic rings. The Morgan fingerprint density at radius 2 is 0.812 bits per heavy atom. The maximum absolute atomic E-state index is 7.27. The first-order valence-corrected chi connectivity index (χ1v) is 23.2. The highest BCUT2D eigenvalue weighted by Crippen LogP contribution is 2.46. The van der Waals surface area contributed by atoms with Crippen LogP contribution in [0.25, 0.3) is 139 Å². The van der Waals surface area contributed by atoms with Crippen molar-refractivity contribution in [3.05, 3.63) is 231 Å². The third-order valence-corrected chi connectivity index (χ3v) is 13.5. The monoisotopic (exact) mass is 882 g/mol. The van der Waals surface area contributed by atoms with Crippen LogP contribution in [0.2, 0.25) is 0 Å². The van der Waals surface area contributed by atoms with Crippen LogP contribution in [0.3, 0.4) is 0 Å². The molecule has 0 radical (unpaired) electrons. The summed E-state index contributed by atoms with van der Waals surface area (Å²) in [7, 11) is 0. The zero-order valence-electron chi connectivity index (χ0n) is 37.0. The molecule has 6 heteroatoms. The Bertz CT molecular complexity index is 4290. The van der Waals surface area contributed by atoms with E-state index in [4.69, 9.17) is 23.8 Å². The predicted molar refractivity (Wildman–Crippen MR) is 281 cm³/mol. The summed E-state index contributed by atoms with van der Waals surface area (Å²) in [6.45, 7) is 0. The predicted octanol–water partition coefficient (Wildman–Crippen LogP) is 16.8. The van der Waals surface area contributed by atoms with Gasteiger partial charge in [-0.3, -0.25) is 0 Å². The maximum Gasteiger partial charge on any atom is 0.164 e. The van der Waals surface area contributed by atoms with E-state index in [1.54, 1.807) is 0 Å². The number of nitrogens with zero attached hydrogens (tertiary/aromatic N) is 4. The first-order chi connectivity index (χ1) is 34.2. The molecule has 322 valence electrons. The molecule has 69 heavy (non-hydrogen) atoms. The van der Waals surface area contributed by atoms with Gasteiger partial charge in [0.1, 0.15) is 16.7 Å². The molecule has 10 aromatic carbocycles. The van der Waals surface area contributed by atoms with Gasteiger partial charge in [0.2, 0.25) is 0 Å². The quantitative estimate of drug-likeness (QED) is 0.159. The summed E-state index contributed by atoms with van der Waals surface area (Å²) in [5.74, 6) is 1.70. The van der Waals surface area contributed by atoms with Gasteiger partial charge in [0.25, 0.3) is 0 Å². The van der Waals surface area contributed by atoms with Gasteiger partial charge in [0.05, 0.1) is 16.7 Å². The van der Waals surface area contributed by atoms with Crippen molar-refractivity contribution in [2.45, 2.75) is 0 Å². The Morgan fingerprint density at radius 1 is 0.290 bits per heavy atom. The standard InChI is InChI=1S/C63H38N4O2/c1-4-16-39(17-5-1)41-30-32-43(33-31-41)62-64-61(42-20-8-3-9-21-42)65-63(66-62)45-37-52(58-50-23-11-13-29-56(50)68-57(58)38-45)49-25-14-24-47-48-26-15-28-55(60(48)69-59(47)49)67-53-27-12-10-22-46(53)51-36-44(34-35-54(51)67)40-18-6-2-7-19-40/h1-38H. The molecule has 14 rings (SSSR count). The fraction of sp³-hybridized carbons (Fsp3) is 0. The molecular formula is C63H38N4O2. The van der Waals surface area contributed by atoms with Gasteiger partial charge in [-0.05, 0) is 70.3 Å². The Morgan fingerprint density at radius 3 is 1.55 bits per heavy atom. The zero-order chi connectivity index (χ0) is 45.4. The highest BCUT2D eigenvalue weighted by Gasteiger charge is 2.23. The topological polar surface area (TPSA) is 69.9 Å². The molecule has 0 atom stereocenters. The largest absolute Gasteiger partial charge is 0.456 e.